The Balaban J connectivity index is 3.02. The number of aromatic nitrogens is 2. The first kappa shape index (κ1) is 13.4. The molecule has 0 aliphatic heterocycles. The first-order valence-electron chi connectivity index (χ1n) is 4.92. The Morgan fingerprint density at radius 1 is 1.53 bits per heavy atom. The Morgan fingerprint density at radius 2 is 2.12 bits per heavy atom. The Hall–Kier alpha value is -1.64. The van der Waals surface area contributed by atoms with Gasteiger partial charge in [0.15, 0.2) is 16.0 Å². The molecule has 0 saturated carbocycles. The van der Waals surface area contributed by atoms with E-state index in [9.17, 15) is 23.7 Å². The van der Waals surface area contributed by atoms with Crippen LogP contribution in [0.15, 0.2) is 6.20 Å². The van der Waals surface area contributed by atoms with Gasteiger partial charge in [0.2, 0.25) is 0 Å². The number of imidazole rings is 1. The summed E-state index contributed by atoms with van der Waals surface area (Å²) < 4.78 is 24.1. The molecular formula is C8H13N3O5S. The molecule has 0 unspecified atom stereocenters. The van der Waals surface area contributed by atoms with Crippen molar-refractivity contribution in [1.29, 1.82) is 0 Å². The largest absolute Gasteiger partial charge is 0.711 e. The molecule has 96 valence electrons. The lowest BCUT2D eigenvalue weighted by Crippen LogP contribution is -2.28. The van der Waals surface area contributed by atoms with E-state index in [4.69, 9.17) is 0 Å². The molecular weight excluding hydrogens is 250 g/mol. The van der Waals surface area contributed by atoms with E-state index in [1.165, 1.54) is 13.8 Å². The van der Waals surface area contributed by atoms with Crippen LogP contribution in [0.4, 0.5) is 5.82 Å². The van der Waals surface area contributed by atoms with E-state index in [1.807, 2.05) is 0 Å². The lowest BCUT2D eigenvalue weighted by molar-refractivity contribution is -0.613. The van der Waals surface area contributed by atoms with E-state index < -0.39 is 20.6 Å². The molecule has 0 atom stereocenters. The lowest BCUT2D eigenvalue weighted by Gasteiger charge is -2.03. The van der Waals surface area contributed by atoms with Crippen LogP contribution >= 0.6 is 0 Å². The highest BCUT2D eigenvalue weighted by atomic mass is 32.2. The van der Waals surface area contributed by atoms with Crippen LogP contribution in [0.1, 0.15) is 12.7 Å². The predicted molar refractivity (Wildman–Crippen MR) is 59.1 cm³/mol. The Morgan fingerprint density at radius 3 is 2.59 bits per heavy atom. The zero-order valence-electron chi connectivity index (χ0n) is 9.49. The van der Waals surface area contributed by atoms with Crippen molar-refractivity contribution < 1.29 is 18.1 Å². The molecule has 1 aromatic heterocycles. The zero-order chi connectivity index (χ0) is 13.2. The molecule has 1 rings (SSSR count). The van der Waals surface area contributed by atoms with Gasteiger partial charge in [0, 0.05) is 12.7 Å². The Kier molecular flexibility index (Phi) is 3.71. The molecule has 8 nitrogen and oxygen atoms in total. The van der Waals surface area contributed by atoms with E-state index in [0.29, 0.717) is 4.73 Å². The number of nitrogens with zero attached hydrogens (tertiary/aromatic N) is 3. The average Bonchev–Trinajstić information content (AvgIpc) is 2.53. The summed E-state index contributed by atoms with van der Waals surface area (Å²) in [6.07, 6.45) is 0.827. The highest BCUT2D eigenvalue weighted by Gasteiger charge is 2.23. The third-order valence-corrected chi connectivity index (χ3v) is 4.16. The van der Waals surface area contributed by atoms with E-state index in [1.54, 1.807) is 0 Å². The fourth-order valence-electron chi connectivity index (χ4n) is 1.35. The van der Waals surface area contributed by atoms with Crippen molar-refractivity contribution in [2.45, 2.75) is 20.4 Å². The van der Waals surface area contributed by atoms with Crippen molar-refractivity contribution in [2.75, 3.05) is 11.5 Å². The molecule has 0 fully saturated rings. The van der Waals surface area contributed by atoms with Crippen molar-refractivity contribution in [3.63, 3.8) is 0 Å². The van der Waals surface area contributed by atoms with Gasteiger partial charge in [-0.1, -0.05) is 6.92 Å². The summed E-state index contributed by atoms with van der Waals surface area (Å²) in [5.41, 5.74) is 0. The van der Waals surface area contributed by atoms with Gasteiger partial charge >= 0.3 is 5.82 Å². The maximum atomic E-state index is 11.3. The third kappa shape index (κ3) is 2.93. The molecule has 1 heterocycles. The van der Waals surface area contributed by atoms with E-state index in [2.05, 4.69) is 0 Å². The maximum absolute atomic E-state index is 11.3. The second kappa shape index (κ2) is 4.70. The topological polar surface area (TPSA) is 109 Å². The SMILES string of the molecule is CCS(=O)(=O)CCn1c([N+](=O)[O-])c[n+]([O-])c1C. The molecule has 17 heavy (non-hydrogen) atoms. The standard InChI is InChI=1S/C8H13N3O5S/c1-3-17(15,16)5-4-9-7(2)10(12)6-8(9)11(13)14/h6H,3-5H2,1-2H3. The summed E-state index contributed by atoms with van der Waals surface area (Å²) in [6, 6.07) is 0. The summed E-state index contributed by atoms with van der Waals surface area (Å²) in [7, 11) is -3.22. The molecule has 0 amide bonds. The van der Waals surface area contributed by atoms with Gasteiger partial charge in [-0.2, -0.15) is 4.57 Å². The van der Waals surface area contributed by atoms with Crippen molar-refractivity contribution in [3.8, 4) is 0 Å². The molecule has 0 aliphatic rings. The second-order valence-corrected chi connectivity index (χ2v) is 5.98. The number of rotatable bonds is 5. The minimum atomic E-state index is -3.22. The Bertz CT molecular complexity index is 534. The van der Waals surface area contributed by atoms with Gasteiger partial charge in [-0.05, 0) is 4.92 Å². The summed E-state index contributed by atoms with van der Waals surface area (Å²) in [4.78, 5) is 9.96. The second-order valence-electron chi connectivity index (χ2n) is 3.51. The van der Waals surface area contributed by atoms with Crippen molar-refractivity contribution >= 4 is 15.7 Å². The zero-order valence-corrected chi connectivity index (χ0v) is 10.3. The molecule has 0 radical (unpaired) electrons. The van der Waals surface area contributed by atoms with E-state index in [-0.39, 0.29) is 23.9 Å². The van der Waals surface area contributed by atoms with Crippen LogP contribution < -0.4 is 4.73 Å². The molecule has 0 spiro atoms. The monoisotopic (exact) mass is 263 g/mol. The normalized spacial score (nSPS) is 11.6. The Labute approximate surface area is 98.1 Å². The van der Waals surface area contributed by atoms with Gasteiger partial charge in [-0.15, -0.1) is 0 Å². The highest BCUT2D eigenvalue weighted by Crippen LogP contribution is 2.12. The smallest absolute Gasteiger partial charge is 0.365 e. The number of nitro groups is 1. The third-order valence-electron chi connectivity index (χ3n) is 2.47. The van der Waals surface area contributed by atoms with Gasteiger partial charge in [-0.3, -0.25) is 0 Å². The number of sulfone groups is 1. The van der Waals surface area contributed by atoms with Gasteiger partial charge < -0.3 is 15.3 Å². The fourth-order valence-corrected chi connectivity index (χ4v) is 2.10. The average molecular weight is 263 g/mol. The van der Waals surface area contributed by atoms with Crippen molar-refractivity contribution in [2.24, 2.45) is 0 Å². The minimum absolute atomic E-state index is 0.0293. The molecule has 0 N–H and O–H groups in total. The molecule has 1 aromatic rings. The minimum Gasteiger partial charge on any atom is -0.711 e. The lowest BCUT2D eigenvalue weighted by atomic mass is 10.6. The molecule has 0 aliphatic carbocycles. The van der Waals surface area contributed by atoms with Crippen LogP contribution in [0.2, 0.25) is 0 Å². The molecule has 0 saturated heterocycles. The first-order valence-corrected chi connectivity index (χ1v) is 6.74. The quantitative estimate of drug-likeness (QED) is 0.315. The first-order chi connectivity index (χ1) is 7.78. The summed E-state index contributed by atoms with van der Waals surface area (Å²) in [6.45, 7) is 2.81. The fraction of sp³-hybridized carbons (Fsp3) is 0.625. The van der Waals surface area contributed by atoms with E-state index >= 15 is 0 Å². The van der Waals surface area contributed by atoms with Gasteiger partial charge in [0.05, 0.1) is 5.75 Å². The number of hydrogen-bond acceptors (Lipinski definition) is 5. The van der Waals surface area contributed by atoms with Gasteiger partial charge in [0.1, 0.15) is 6.54 Å². The molecule has 0 bridgehead atoms. The molecule has 9 heteroatoms. The number of hydrogen-bond donors (Lipinski definition) is 0. The van der Waals surface area contributed by atoms with Gasteiger partial charge in [-0.25, -0.2) is 13.1 Å². The van der Waals surface area contributed by atoms with Crippen molar-refractivity contribution in [3.05, 3.63) is 27.3 Å². The van der Waals surface area contributed by atoms with E-state index in [0.717, 1.165) is 10.8 Å². The van der Waals surface area contributed by atoms with Crippen LogP contribution in [-0.2, 0) is 16.4 Å². The van der Waals surface area contributed by atoms with Crippen LogP contribution in [-0.4, -0.2) is 29.4 Å². The highest BCUT2D eigenvalue weighted by molar-refractivity contribution is 7.91. The van der Waals surface area contributed by atoms with Gasteiger partial charge in [0.25, 0.3) is 5.82 Å². The van der Waals surface area contributed by atoms with Crippen molar-refractivity contribution in [1.82, 2.24) is 4.57 Å². The van der Waals surface area contributed by atoms with Crippen LogP contribution in [0.3, 0.4) is 0 Å². The summed E-state index contributed by atoms with van der Waals surface area (Å²) >= 11 is 0. The van der Waals surface area contributed by atoms with Crippen LogP contribution in [0.5, 0.6) is 0 Å². The predicted octanol–water partition coefficient (Wildman–Crippen LogP) is -0.227. The summed E-state index contributed by atoms with van der Waals surface area (Å²) in [5, 5.41) is 21.9. The summed E-state index contributed by atoms with van der Waals surface area (Å²) in [5.74, 6) is -0.551. The maximum Gasteiger partial charge on any atom is 0.365 e. The van der Waals surface area contributed by atoms with Crippen LogP contribution in [0.25, 0.3) is 0 Å². The van der Waals surface area contributed by atoms with Crippen LogP contribution in [0, 0.1) is 22.2 Å². The molecule has 0 aromatic carbocycles.